The molecule has 5 rings (SSSR count). The third-order valence-corrected chi connectivity index (χ3v) is 6.84. The Morgan fingerprint density at radius 3 is 2.46 bits per heavy atom. The number of aromatic nitrogens is 3. The van der Waals surface area contributed by atoms with Gasteiger partial charge in [-0.15, -0.1) is 0 Å². The lowest BCUT2D eigenvalue weighted by atomic mass is 10.1. The number of pyridine rings is 1. The molecular weight excluding hydrogens is 516 g/mol. The van der Waals surface area contributed by atoms with Gasteiger partial charge in [0.15, 0.2) is 0 Å². The van der Waals surface area contributed by atoms with E-state index < -0.39 is 5.60 Å². The number of piperazine rings is 1. The summed E-state index contributed by atoms with van der Waals surface area (Å²) in [6.45, 7) is 8.19. The first-order valence-corrected chi connectivity index (χ1v) is 13.2. The standard InChI is InChI=1S/C29H31ClN6O3/c1-29(2,3)39-28(38)36-14-12-35(13-15-36)21-9-7-8-20(17-21)32-27-31-18-19-16-23(22-10-5-6-11-24(22)30)26(37)34(4)25(19)33-27/h5-11,16-18H,12-15H2,1-4H3,(H,31,32,33). The van der Waals surface area contributed by atoms with Gasteiger partial charge in [-0.05, 0) is 51.1 Å². The maximum Gasteiger partial charge on any atom is 0.410 e. The number of amides is 1. The number of nitrogens with zero attached hydrogens (tertiary/aromatic N) is 5. The van der Waals surface area contributed by atoms with Crippen molar-refractivity contribution in [2.45, 2.75) is 26.4 Å². The fraction of sp³-hybridized carbons (Fsp3) is 0.310. The Hall–Kier alpha value is -4.11. The van der Waals surface area contributed by atoms with Crippen molar-refractivity contribution in [3.8, 4) is 11.1 Å². The predicted molar refractivity (Wildman–Crippen MR) is 155 cm³/mol. The molecule has 0 aliphatic carbocycles. The zero-order chi connectivity index (χ0) is 27.7. The minimum atomic E-state index is -0.511. The van der Waals surface area contributed by atoms with Crippen LogP contribution in [-0.2, 0) is 11.8 Å². The molecule has 0 spiro atoms. The quantitative estimate of drug-likeness (QED) is 0.364. The van der Waals surface area contributed by atoms with Crippen LogP contribution in [0.4, 0.5) is 22.1 Å². The van der Waals surface area contributed by atoms with Gasteiger partial charge in [0.2, 0.25) is 5.95 Å². The van der Waals surface area contributed by atoms with E-state index in [-0.39, 0.29) is 11.7 Å². The molecule has 0 bridgehead atoms. The predicted octanol–water partition coefficient (Wildman–Crippen LogP) is 5.45. The number of fused-ring (bicyclic) bond motifs is 1. The van der Waals surface area contributed by atoms with Gasteiger partial charge in [0, 0.05) is 72.3 Å². The first kappa shape index (κ1) is 26.5. The van der Waals surface area contributed by atoms with Crippen molar-refractivity contribution in [1.82, 2.24) is 19.4 Å². The lowest BCUT2D eigenvalue weighted by Gasteiger charge is -2.36. The second kappa shape index (κ2) is 10.6. The molecule has 0 saturated carbocycles. The molecule has 10 heteroatoms. The number of carbonyl (C=O) groups excluding carboxylic acids is 1. The Morgan fingerprint density at radius 1 is 1.00 bits per heavy atom. The number of anilines is 3. The molecule has 1 saturated heterocycles. The number of ether oxygens (including phenoxy) is 1. The van der Waals surface area contributed by atoms with Crippen molar-refractivity contribution in [2.75, 3.05) is 36.4 Å². The average molecular weight is 547 g/mol. The van der Waals surface area contributed by atoms with Crippen molar-refractivity contribution >= 4 is 46.1 Å². The zero-order valence-electron chi connectivity index (χ0n) is 22.4. The number of hydrogen-bond acceptors (Lipinski definition) is 7. The summed E-state index contributed by atoms with van der Waals surface area (Å²) in [6, 6.07) is 17.0. The number of hydrogen-bond donors (Lipinski definition) is 1. The molecule has 2 aromatic carbocycles. The first-order chi connectivity index (χ1) is 18.6. The molecule has 1 N–H and O–H groups in total. The van der Waals surface area contributed by atoms with Crippen LogP contribution in [-0.4, -0.2) is 57.3 Å². The number of benzene rings is 2. The van der Waals surface area contributed by atoms with Crippen LogP contribution in [0, 0.1) is 0 Å². The molecule has 9 nitrogen and oxygen atoms in total. The highest BCUT2D eigenvalue weighted by Crippen LogP contribution is 2.28. The van der Waals surface area contributed by atoms with Gasteiger partial charge in [-0.3, -0.25) is 9.36 Å². The summed E-state index contributed by atoms with van der Waals surface area (Å²) < 4.78 is 7.02. The lowest BCUT2D eigenvalue weighted by molar-refractivity contribution is 0.0240. The molecule has 1 aliphatic heterocycles. The normalized spacial score (nSPS) is 14.0. The lowest BCUT2D eigenvalue weighted by Crippen LogP contribution is -2.50. The Morgan fingerprint density at radius 2 is 1.74 bits per heavy atom. The van der Waals surface area contributed by atoms with E-state index in [1.807, 2.05) is 63.2 Å². The molecule has 0 radical (unpaired) electrons. The fourth-order valence-electron chi connectivity index (χ4n) is 4.56. The van der Waals surface area contributed by atoms with Gasteiger partial charge >= 0.3 is 6.09 Å². The van der Waals surface area contributed by atoms with Crippen LogP contribution >= 0.6 is 11.6 Å². The van der Waals surface area contributed by atoms with Crippen molar-refractivity contribution in [1.29, 1.82) is 0 Å². The van der Waals surface area contributed by atoms with Crippen molar-refractivity contribution < 1.29 is 9.53 Å². The number of halogens is 1. The molecule has 1 aliphatic rings. The summed E-state index contributed by atoms with van der Waals surface area (Å²) in [5.74, 6) is 0.384. The third-order valence-electron chi connectivity index (χ3n) is 6.51. The van der Waals surface area contributed by atoms with E-state index in [0.29, 0.717) is 53.9 Å². The number of rotatable bonds is 4. The molecule has 0 unspecified atom stereocenters. The maximum atomic E-state index is 13.1. The van der Waals surface area contributed by atoms with Crippen LogP contribution in [0.5, 0.6) is 0 Å². The molecule has 202 valence electrons. The van der Waals surface area contributed by atoms with Crippen molar-refractivity contribution in [3.63, 3.8) is 0 Å². The Labute approximate surface area is 232 Å². The summed E-state index contributed by atoms with van der Waals surface area (Å²) in [5, 5.41) is 4.50. The van der Waals surface area contributed by atoms with E-state index in [2.05, 4.69) is 20.2 Å². The Bertz CT molecular complexity index is 1590. The number of carbonyl (C=O) groups is 1. The second-order valence-electron chi connectivity index (χ2n) is 10.5. The van der Waals surface area contributed by atoms with E-state index in [4.69, 9.17) is 16.3 Å². The number of aryl methyl sites for hydroxylation is 1. The molecule has 4 aromatic rings. The van der Waals surface area contributed by atoms with Gasteiger partial charge in [-0.2, -0.15) is 4.98 Å². The zero-order valence-corrected chi connectivity index (χ0v) is 23.2. The maximum absolute atomic E-state index is 13.1. The summed E-state index contributed by atoms with van der Waals surface area (Å²) in [5.41, 5.74) is 2.84. The van der Waals surface area contributed by atoms with Gasteiger partial charge in [-0.1, -0.05) is 35.9 Å². The van der Waals surface area contributed by atoms with Crippen molar-refractivity contribution in [2.24, 2.45) is 7.05 Å². The largest absolute Gasteiger partial charge is 0.444 e. The van der Waals surface area contributed by atoms with Crippen LogP contribution in [0.25, 0.3) is 22.2 Å². The van der Waals surface area contributed by atoms with Gasteiger partial charge < -0.3 is 19.9 Å². The molecule has 0 atom stereocenters. The molecular formula is C29H31ClN6O3. The van der Waals surface area contributed by atoms with E-state index in [1.54, 1.807) is 30.3 Å². The summed E-state index contributed by atoms with van der Waals surface area (Å²) >= 11 is 6.35. The highest BCUT2D eigenvalue weighted by molar-refractivity contribution is 6.33. The van der Waals surface area contributed by atoms with E-state index >= 15 is 0 Å². The van der Waals surface area contributed by atoms with Crippen molar-refractivity contribution in [3.05, 3.63) is 76.2 Å². The van der Waals surface area contributed by atoms with Crippen LogP contribution in [0.1, 0.15) is 20.8 Å². The highest BCUT2D eigenvalue weighted by Gasteiger charge is 2.26. The Balaban J connectivity index is 1.32. The Kier molecular flexibility index (Phi) is 7.18. The highest BCUT2D eigenvalue weighted by atomic mass is 35.5. The van der Waals surface area contributed by atoms with E-state index in [0.717, 1.165) is 16.8 Å². The van der Waals surface area contributed by atoms with Crippen LogP contribution in [0.2, 0.25) is 5.02 Å². The van der Waals surface area contributed by atoms with E-state index in [1.165, 1.54) is 4.57 Å². The van der Waals surface area contributed by atoms with Crippen LogP contribution in [0.3, 0.4) is 0 Å². The third kappa shape index (κ3) is 5.83. The van der Waals surface area contributed by atoms with Gasteiger partial charge in [0.1, 0.15) is 11.2 Å². The minimum Gasteiger partial charge on any atom is -0.444 e. The summed E-state index contributed by atoms with van der Waals surface area (Å²) in [4.78, 5) is 38.6. The first-order valence-electron chi connectivity index (χ1n) is 12.8. The summed E-state index contributed by atoms with van der Waals surface area (Å²) in [7, 11) is 1.69. The molecule has 1 fully saturated rings. The van der Waals surface area contributed by atoms with Gasteiger partial charge in [0.05, 0.1) is 0 Å². The molecule has 39 heavy (non-hydrogen) atoms. The molecule has 2 aromatic heterocycles. The number of nitrogens with one attached hydrogen (secondary N) is 1. The monoisotopic (exact) mass is 546 g/mol. The molecule has 3 heterocycles. The SMILES string of the molecule is Cn1c(=O)c(-c2ccccc2Cl)cc2cnc(Nc3cccc(N4CCN(C(=O)OC(C)(C)C)CC4)c3)nc21. The van der Waals surface area contributed by atoms with Crippen LogP contribution in [0.15, 0.2) is 65.6 Å². The topological polar surface area (TPSA) is 92.6 Å². The minimum absolute atomic E-state index is 0.187. The summed E-state index contributed by atoms with van der Waals surface area (Å²) in [6.07, 6.45) is 1.42. The van der Waals surface area contributed by atoms with Gasteiger partial charge in [-0.25, -0.2) is 9.78 Å². The fourth-order valence-corrected chi connectivity index (χ4v) is 4.80. The second-order valence-corrected chi connectivity index (χ2v) is 10.9. The molecule has 1 amide bonds. The van der Waals surface area contributed by atoms with Crippen LogP contribution < -0.4 is 15.8 Å². The van der Waals surface area contributed by atoms with E-state index in [9.17, 15) is 9.59 Å². The smallest absolute Gasteiger partial charge is 0.410 e. The average Bonchev–Trinajstić information content (AvgIpc) is 2.91. The van der Waals surface area contributed by atoms with Gasteiger partial charge in [0.25, 0.3) is 5.56 Å².